The minimum absolute atomic E-state index is 0.156. The maximum absolute atomic E-state index is 11.7. The number of nitrogens with one attached hydrogen (secondary N) is 1. The van der Waals surface area contributed by atoms with Crippen LogP contribution in [0, 0.1) is 11.3 Å². The summed E-state index contributed by atoms with van der Waals surface area (Å²) in [5.74, 6) is 1.30. The van der Waals surface area contributed by atoms with Crippen LogP contribution in [0.2, 0.25) is 0 Å². The average Bonchev–Trinajstić information content (AvgIpc) is 2.77. The van der Waals surface area contributed by atoms with Crippen LogP contribution in [-0.2, 0) is 14.6 Å². The Morgan fingerprint density at radius 3 is 2.76 bits per heavy atom. The van der Waals surface area contributed by atoms with E-state index in [2.05, 4.69) is 24.1 Å². The highest BCUT2D eigenvalue weighted by molar-refractivity contribution is 7.91. The van der Waals surface area contributed by atoms with E-state index in [9.17, 15) is 8.42 Å². The molecule has 0 aromatic rings. The van der Waals surface area contributed by atoms with Gasteiger partial charge in [-0.1, -0.05) is 13.8 Å². The van der Waals surface area contributed by atoms with Gasteiger partial charge in [0.1, 0.15) is 0 Å². The molecule has 2 heterocycles. The minimum Gasteiger partial charge on any atom is -0.381 e. The van der Waals surface area contributed by atoms with Gasteiger partial charge in [0, 0.05) is 31.7 Å². The number of nitrogens with zero attached hydrogens (tertiary/aromatic N) is 1. The monoisotopic (exact) mass is 318 g/mol. The summed E-state index contributed by atoms with van der Waals surface area (Å²) < 4.78 is 29.1. The molecule has 21 heavy (non-hydrogen) atoms. The summed E-state index contributed by atoms with van der Waals surface area (Å²) in [6.07, 6.45) is 1.83. The topological polar surface area (TPSA) is 58.6 Å². The maximum Gasteiger partial charge on any atom is 0.151 e. The zero-order chi connectivity index (χ0) is 15.3. The van der Waals surface area contributed by atoms with Crippen LogP contribution in [0.1, 0.15) is 26.7 Å². The van der Waals surface area contributed by atoms with Crippen molar-refractivity contribution >= 4 is 9.84 Å². The Labute approximate surface area is 129 Å². The van der Waals surface area contributed by atoms with Crippen LogP contribution in [0.25, 0.3) is 0 Å². The second-order valence-electron chi connectivity index (χ2n) is 7.11. The molecule has 2 saturated heterocycles. The predicted molar refractivity (Wildman–Crippen MR) is 85.3 cm³/mol. The smallest absolute Gasteiger partial charge is 0.151 e. The van der Waals surface area contributed by atoms with Crippen molar-refractivity contribution in [1.29, 1.82) is 0 Å². The van der Waals surface area contributed by atoms with Gasteiger partial charge in [-0.25, -0.2) is 8.42 Å². The van der Waals surface area contributed by atoms with Crippen LogP contribution in [0.5, 0.6) is 0 Å². The Morgan fingerprint density at radius 2 is 2.10 bits per heavy atom. The van der Waals surface area contributed by atoms with Crippen molar-refractivity contribution in [3.8, 4) is 0 Å². The first-order valence-corrected chi connectivity index (χ1v) is 9.94. The molecule has 6 heteroatoms. The number of ether oxygens (including phenoxy) is 1. The van der Waals surface area contributed by atoms with E-state index < -0.39 is 9.84 Å². The van der Waals surface area contributed by atoms with Crippen LogP contribution in [0.4, 0.5) is 0 Å². The SMILES string of the molecule is CC(C)CNCC1(CN2CCCS(=O)(=O)CC2)CCOC1. The molecule has 1 unspecified atom stereocenters. The van der Waals surface area contributed by atoms with Gasteiger partial charge in [-0.15, -0.1) is 0 Å². The third-order valence-corrected chi connectivity index (χ3v) is 6.16. The Kier molecular flexibility index (Phi) is 6.05. The lowest BCUT2D eigenvalue weighted by atomic mass is 9.86. The summed E-state index contributed by atoms with van der Waals surface area (Å²) in [5.41, 5.74) is 0.156. The molecule has 2 rings (SSSR count). The number of hydrogen-bond donors (Lipinski definition) is 1. The fourth-order valence-electron chi connectivity index (χ4n) is 3.22. The maximum atomic E-state index is 11.7. The van der Waals surface area contributed by atoms with E-state index in [1.165, 1.54) is 0 Å². The highest BCUT2D eigenvalue weighted by Crippen LogP contribution is 2.29. The van der Waals surface area contributed by atoms with Gasteiger partial charge in [0.25, 0.3) is 0 Å². The van der Waals surface area contributed by atoms with Gasteiger partial charge < -0.3 is 15.0 Å². The van der Waals surface area contributed by atoms with Crippen molar-refractivity contribution in [2.45, 2.75) is 26.7 Å². The molecular formula is C15H30N2O3S. The van der Waals surface area contributed by atoms with Gasteiger partial charge in [0.15, 0.2) is 9.84 Å². The van der Waals surface area contributed by atoms with Gasteiger partial charge in [0.2, 0.25) is 0 Å². The van der Waals surface area contributed by atoms with Gasteiger partial charge >= 0.3 is 0 Å². The quantitative estimate of drug-likeness (QED) is 0.783. The van der Waals surface area contributed by atoms with E-state index in [1.54, 1.807) is 0 Å². The fraction of sp³-hybridized carbons (Fsp3) is 1.00. The van der Waals surface area contributed by atoms with Crippen molar-refractivity contribution in [2.75, 3.05) is 57.4 Å². The highest BCUT2D eigenvalue weighted by Gasteiger charge is 2.37. The molecule has 124 valence electrons. The molecular weight excluding hydrogens is 288 g/mol. The van der Waals surface area contributed by atoms with E-state index in [0.717, 1.165) is 52.2 Å². The first-order valence-electron chi connectivity index (χ1n) is 8.12. The molecule has 0 amide bonds. The van der Waals surface area contributed by atoms with Crippen LogP contribution in [0.3, 0.4) is 0 Å². The lowest BCUT2D eigenvalue weighted by Gasteiger charge is -2.34. The van der Waals surface area contributed by atoms with Crippen LogP contribution in [0.15, 0.2) is 0 Å². The van der Waals surface area contributed by atoms with Gasteiger partial charge in [0.05, 0.1) is 18.1 Å². The zero-order valence-electron chi connectivity index (χ0n) is 13.4. The van der Waals surface area contributed by atoms with E-state index in [-0.39, 0.29) is 5.41 Å². The van der Waals surface area contributed by atoms with E-state index in [4.69, 9.17) is 4.74 Å². The second-order valence-corrected chi connectivity index (χ2v) is 9.41. The molecule has 0 radical (unpaired) electrons. The molecule has 0 bridgehead atoms. The van der Waals surface area contributed by atoms with Crippen LogP contribution < -0.4 is 5.32 Å². The average molecular weight is 318 g/mol. The van der Waals surface area contributed by atoms with E-state index >= 15 is 0 Å². The third-order valence-electron chi connectivity index (χ3n) is 4.44. The largest absolute Gasteiger partial charge is 0.381 e. The Bertz CT molecular complexity index is 417. The highest BCUT2D eigenvalue weighted by atomic mass is 32.2. The number of rotatable bonds is 6. The van der Waals surface area contributed by atoms with Gasteiger partial charge in [-0.2, -0.15) is 0 Å². The normalized spacial score (nSPS) is 30.6. The number of hydrogen-bond acceptors (Lipinski definition) is 5. The van der Waals surface area contributed by atoms with Crippen molar-refractivity contribution in [3.05, 3.63) is 0 Å². The summed E-state index contributed by atoms with van der Waals surface area (Å²) in [7, 11) is -2.82. The fourth-order valence-corrected chi connectivity index (χ4v) is 4.53. The summed E-state index contributed by atoms with van der Waals surface area (Å²) in [6, 6.07) is 0. The Hall–Kier alpha value is -0.170. The molecule has 0 spiro atoms. The molecule has 0 aliphatic carbocycles. The molecule has 0 aromatic heterocycles. The van der Waals surface area contributed by atoms with Crippen molar-refractivity contribution in [2.24, 2.45) is 11.3 Å². The summed E-state index contributed by atoms with van der Waals surface area (Å²) >= 11 is 0. The van der Waals surface area contributed by atoms with Gasteiger partial charge in [-0.05, 0) is 31.8 Å². The predicted octanol–water partition coefficient (Wildman–Crippen LogP) is 0.759. The number of sulfone groups is 1. The second kappa shape index (κ2) is 7.40. The third kappa shape index (κ3) is 5.51. The van der Waals surface area contributed by atoms with Gasteiger partial charge in [-0.3, -0.25) is 0 Å². The molecule has 2 aliphatic rings. The molecule has 2 fully saturated rings. The molecule has 2 aliphatic heterocycles. The van der Waals surface area contributed by atoms with E-state index in [0.29, 0.717) is 24.0 Å². The van der Waals surface area contributed by atoms with Crippen LogP contribution >= 0.6 is 0 Å². The van der Waals surface area contributed by atoms with Crippen molar-refractivity contribution in [3.63, 3.8) is 0 Å². The van der Waals surface area contributed by atoms with Crippen molar-refractivity contribution in [1.82, 2.24) is 10.2 Å². The standard InChI is InChI=1S/C15H30N2O3S/c1-14(2)10-16-11-15(4-7-20-13-15)12-17-5-3-8-21(18,19)9-6-17/h14,16H,3-13H2,1-2H3. The van der Waals surface area contributed by atoms with Crippen molar-refractivity contribution < 1.29 is 13.2 Å². The first kappa shape index (κ1) is 17.2. The Morgan fingerprint density at radius 1 is 1.29 bits per heavy atom. The summed E-state index contributed by atoms with van der Waals surface area (Å²) in [6.45, 7) is 10.6. The lowest BCUT2D eigenvalue weighted by molar-refractivity contribution is 0.111. The van der Waals surface area contributed by atoms with Crippen LogP contribution in [-0.4, -0.2) is 70.8 Å². The molecule has 5 nitrogen and oxygen atoms in total. The molecule has 0 saturated carbocycles. The molecule has 1 atom stereocenters. The zero-order valence-corrected chi connectivity index (χ0v) is 14.3. The summed E-state index contributed by atoms with van der Waals surface area (Å²) in [5, 5.41) is 3.56. The summed E-state index contributed by atoms with van der Waals surface area (Å²) in [4.78, 5) is 2.33. The molecule has 1 N–H and O–H groups in total. The van der Waals surface area contributed by atoms with E-state index in [1.807, 2.05) is 0 Å². The Balaban J connectivity index is 1.89. The molecule has 0 aromatic carbocycles. The first-order chi connectivity index (χ1) is 9.91. The lowest BCUT2D eigenvalue weighted by Crippen LogP contribution is -2.46. The minimum atomic E-state index is -2.82.